The van der Waals surface area contributed by atoms with Gasteiger partial charge in [0.1, 0.15) is 5.75 Å². The quantitative estimate of drug-likeness (QED) is 0.0353. The molecule has 3 rings (SSSR count). The van der Waals surface area contributed by atoms with Crippen molar-refractivity contribution in [3.8, 4) is 28.6 Å². The van der Waals surface area contributed by atoms with Crippen molar-refractivity contribution in [2.75, 3.05) is 25.6 Å². The van der Waals surface area contributed by atoms with Gasteiger partial charge in [0.25, 0.3) is 0 Å². The van der Waals surface area contributed by atoms with Crippen LogP contribution in [0.1, 0.15) is 107 Å². The zero-order valence-corrected chi connectivity index (χ0v) is 29.3. The summed E-state index contributed by atoms with van der Waals surface area (Å²) in [6.07, 6.45) is 13.1. The lowest BCUT2D eigenvalue weighted by Gasteiger charge is -2.21. The van der Waals surface area contributed by atoms with Gasteiger partial charge >= 0.3 is 17.6 Å². The van der Waals surface area contributed by atoms with Crippen LogP contribution in [0.15, 0.2) is 42.7 Å². The SMILES string of the molecule is CCCCCCCCCCCOc1ccc(-c2cnc(OC(=O)c3cc([N+](=O)[O-])c(OC(=O)[C@H](F)CCCC)c(C)c3N(C)C)cn2)cc1. The summed E-state index contributed by atoms with van der Waals surface area (Å²) in [7, 11) is 3.22. The number of esters is 2. The Kier molecular flexibility index (Phi) is 15.9. The average molecular weight is 681 g/mol. The number of benzene rings is 2. The van der Waals surface area contributed by atoms with Crippen molar-refractivity contribution in [1.82, 2.24) is 9.97 Å². The molecular formula is C37H49FN4O7. The van der Waals surface area contributed by atoms with Crippen LogP contribution in [0, 0.1) is 17.0 Å². The molecule has 12 heteroatoms. The van der Waals surface area contributed by atoms with E-state index in [1.54, 1.807) is 14.1 Å². The molecule has 1 atom stereocenters. The Bertz CT molecular complexity index is 1510. The predicted octanol–water partition coefficient (Wildman–Crippen LogP) is 8.99. The highest BCUT2D eigenvalue weighted by molar-refractivity contribution is 6.00. The van der Waals surface area contributed by atoms with Gasteiger partial charge in [0.15, 0.2) is 6.17 Å². The van der Waals surface area contributed by atoms with Gasteiger partial charge in [-0.3, -0.25) is 10.1 Å². The van der Waals surface area contributed by atoms with Crippen molar-refractivity contribution in [3.05, 3.63) is 64.0 Å². The highest BCUT2D eigenvalue weighted by atomic mass is 19.1. The number of unbranched alkanes of at least 4 members (excludes halogenated alkanes) is 9. The summed E-state index contributed by atoms with van der Waals surface area (Å²) in [5.74, 6) is -1.95. The molecule has 1 heterocycles. The Morgan fingerprint density at radius 1 is 0.898 bits per heavy atom. The largest absolute Gasteiger partial charge is 0.494 e. The van der Waals surface area contributed by atoms with Gasteiger partial charge in [-0.05, 0) is 44.0 Å². The van der Waals surface area contributed by atoms with E-state index in [1.165, 1.54) is 69.2 Å². The summed E-state index contributed by atoms with van der Waals surface area (Å²) < 4.78 is 30.9. The van der Waals surface area contributed by atoms with Crippen molar-refractivity contribution < 1.29 is 33.1 Å². The van der Waals surface area contributed by atoms with Gasteiger partial charge in [0.2, 0.25) is 11.6 Å². The monoisotopic (exact) mass is 680 g/mol. The zero-order valence-electron chi connectivity index (χ0n) is 29.3. The fourth-order valence-electron chi connectivity index (χ4n) is 5.43. The van der Waals surface area contributed by atoms with Crippen LogP contribution < -0.4 is 19.1 Å². The maximum absolute atomic E-state index is 14.4. The number of nitrogens with zero attached hydrogens (tertiary/aromatic N) is 4. The smallest absolute Gasteiger partial charge is 0.347 e. The molecule has 0 N–H and O–H groups in total. The second-order valence-electron chi connectivity index (χ2n) is 12.3. The summed E-state index contributed by atoms with van der Waals surface area (Å²) >= 11 is 0. The van der Waals surface area contributed by atoms with E-state index >= 15 is 0 Å². The standard InChI is InChI=1S/C37H49FN4O7/c1-6-8-10-11-12-13-14-15-16-22-47-28-20-18-27(19-21-28)31-24-40-33(25-39-31)48-36(43)29-23-32(42(45)46)35(26(3)34(29)41(4)5)49-37(44)30(38)17-9-7-2/h18-21,23-25,30H,6-17,22H2,1-5H3/t30-/m1/s1. The van der Waals surface area contributed by atoms with Crippen molar-refractivity contribution >= 4 is 23.3 Å². The van der Waals surface area contributed by atoms with E-state index in [0.29, 0.717) is 25.1 Å². The van der Waals surface area contributed by atoms with Gasteiger partial charge in [0.05, 0.1) is 40.9 Å². The summed E-state index contributed by atoms with van der Waals surface area (Å²) in [5, 5.41) is 12.0. The van der Waals surface area contributed by atoms with Crippen molar-refractivity contribution in [2.24, 2.45) is 0 Å². The number of hydrogen-bond donors (Lipinski definition) is 0. The maximum atomic E-state index is 14.4. The summed E-state index contributed by atoms with van der Waals surface area (Å²) in [5.41, 5.74) is 0.796. The van der Waals surface area contributed by atoms with Crippen LogP contribution in [0.4, 0.5) is 15.8 Å². The van der Waals surface area contributed by atoms with Crippen LogP contribution in [0.25, 0.3) is 11.3 Å². The number of nitro groups is 1. The Hall–Kier alpha value is -4.61. The topological polar surface area (TPSA) is 134 Å². The van der Waals surface area contributed by atoms with Crippen molar-refractivity contribution in [1.29, 1.82) is 0 Å². The molecule has 0 aliphatic heterocycles. The summed E-state index contributed by atoms with van der Waals surface area (Å²) in [4.78, 5) is 47.0. The second-order valence-corrected chi connectivity index (χ2v) is 12.3. The van der Waals surface area contributed by atoms with E-state index in [1.807, 2.05) is 31.2 Å². The number of nitro benzene ring substituents is 1. The van der Waals surface area contributed by atoms with Crippen molar-refractivity contribution in [2.45, 2.75) is 104 Å². The molecule has 0 fully saturated rings. The first kappa shape index (κ1) is 38.8. The first-order valence-corrected chi connectivity index (χ1v) is 17.2. The number of alkyl halides is 1. The number of carbonyl (C=O) groups excluding carboxylic acids is 2. The Balaban J connectivity index is 1.63. The normalized spacial score (nSPS) is 11.6. The minimum Gasteiger partial charge on any atom is -0.494 e. The van der Waals surface area contributed by atoms with E-state index in [-0.39, 0.29) is 29.1 Å². The molecule has 0 saturated carbocycles. The maximum Gasteiger partial charge on any atom is 0.347 e. The molecule has 0 saturated heterocycles. The third kappa shape index (κ3) is 11.8. The van der Waals surface area contributed by atoms with E-state index in [4.69, 9.17) is 14.2 Å². The molecule has 0 amide bonds. The first-order valence-electron chi connectivity index (χ1n) is 17.2. The number of halogens is 1. The molecule has 11 nitrogen and oxygen atoms in total. The molecule has 2 aromatic carbocycles. The molecule has 0 unspecified atom stereocenters. The molecule has 0 aliphatic carbocycles. The molecule has 0 spiro atoms. The van der Waals surface area contributed by atoms with Gasteiger partial charge < -0.3 is 19.1 Å². The highest BCUT2D eigenvalue weighted by Crippen LogP contribution is 2.40. The Morgan fingerprint density at radius 2 is 1.53 bits per heavy atom. The summed E-state index contributed by atoms with van der Waals surface area (Å²) in [6.45, 7) is 6.19. The molecule has 49 heavy (non-hydrogen) atoms. The fraction of sp³-hybridized carbons (Fsp3) is 0.514. The number of hydrogen-bond acceptors (Lipinski definition) is 10. The summed E-state index contributed by atoms with van der Waals surface area (Å²) in [6, 6.07) is 8.44. The third-order valence-electron chi connectivity index (χ3n) is 8.09. The number of anilines is 1. The lowest BCUT2D eigenvalue weighted by Crippen LogP contribution is -2.24. The minimum absolute atomic E-state index is 0.0634. The van der Waals surface area contributed by atoms with Crippen LogP contribution in [0.5, 0.6) is 17.4 Å². The molecule has 266 valence electrons. The number of carbonyl (C=O) groups is 2. The molecular weight excluding hydrogens is 631 g/mol. The third-order valence-corrected chi connectivity index (χ3v) is 8.09. The number of aromatic nitrogens is 2. The van der Waals surface area contributed by atoms with Crippen LogP contribution in [0.2, 0.25) is 0 Å². The highest BCUT2D eigenvalue weighted by Gasteiger charge is 2.32. The number of ether oxygens (including phenoxy) is 3. The molecule has 0 bridgehead atoms. The lowest BCUT2D eigenvalue weighted by atomic mass is 10.0. The van der Waals surface area contributed by atoms with E-state index < -0.39 is 34.5 Å². The van der Waals surface area contributed by atoms with Crippen molar-refractivity contribution in [3.63, 3.8) is 0 Å². The molecule has 1 aromatic heterocycles. The van der Waals surface area contributed by atoms with Gasteiger partial charge in [-0.25, -0.2) is 23.9 Å². The van der Waals surface area contributed by atoms with Gasteiger partial charge in [0, 0.05) is 31.3 Å². The second kappa shape index (κ2) is 20.0. The molecule has 0 radical (unpaired) electrons. The Morgan fingerprint density at radius 3 is 2.10 bits per heavy atom. The van der Waals surface area contributed by atoms with E-state index in [0.717, 1.165) is 30.2 Å². The van der Waals surface area contributed by atoms with Gasteiger partial charge in [-0.2, -0.15) is 0 Å². The Labute approximate surface area is 288 Å². The molecule has 0 aliphatic rings. The lowest BCUT2D eigenvalue weighted by molar-refractivity contribution is -0.385. The molecule has 3 aromatic rings. The van der Waals surface area contributed by atoms with E-state index in [9.17, 15) is 24.1 Å². The minimum atomic E-state index is -1.94. The fourth-order valence-corrected chi connectivity index (χ4v) is 5.43. The van der Waals surface area contributed by atoms with Crippen LogP contribution in [0.3, 0.4) is 0 Å². The van der Waals surface area contributed by atoms with Gasteiger partial charge in [-0.15, -0.1) is 0 Å². The average Bonchev–Trinajstić information content (AvgIpc) is 3.08. The first-order chi connectivity index (χ1) is 23.6. The predicted molar refractivity (Wildman–Crippen MR) is 187 cm³/mol. The number of rotatable bonds is 21. The van der Waals surface area contributed by atoms with Gasteiger partial charge in [-0.1, -0.05) is 78.1 Å². The van der Waals surface area contributed by atoms with Crippen LogP contribution in [-0.2, 0) is 4.79 Å². The van der Waals surface area contributed by atoms with Crippen LogP contribution in [-0.4, -0.2) is 53.7 Å². The van der Waals surface area contributed by atoms with Crippen LogP contribution >= 0.6 is 0 Å². The zero-order chi connectivity index (χ0) is 35.8. The van der Waals surface area contributed by atoms with E-state index in [2.05, 4.69) is 16.9 Å².